The molecule has 0 saturated carbocycles. The van der Waals surface area contributed by atoms with Crippen molar-refractivity contribution < 1.29 is 0 Å². The van der Waals surface area contributed by atoms with E-state index in [1.165, 1.54) is 93.5 Å². The Kier molecular flexibility index (Phi) is 7.29. The third-order valence-corrected chi connectivity index (χ3v) is 13.5. The Morgan fingerprint density at radius 2 is 0.705 bits per heavy atom. The van der Waals surface area contributed by atoms with Gasteiger partial charge >= 0.3 is 0 Å². The van der Waals surface area contributed by atoms with E-state index in [0.717, 1.165) is 28.1 Å². The highest BCUT2D eigenvalue weighted by Crippen LogP contribution is 2.63. The molecule has 0 amide bonds. The Morgan fingerprint density at radius 1 is 0.246 bits per heavy atom. The molecular formula is C60H37N. The lowest BCUT2D eigenvalue weighted by Crippen LogP contribution is -2.25. The number of rotatable bonds is 4. The zero-order valence-corrected chi connectivity index (χ0v) is 33.3. The summed E-state index contributed by atoms with van der Waals surface area (Å²) in [5, 5.41) is 7.57. The minimum Gasteiger partial charge on any atom is -0.248 e. The predicted molar refractivity (Wildman–Crippen MR) is 255 cm³/mol. The van der Waals surface area contributed by atoms with Crippen LogP contribution in [-0.2, 0) is 5.41 Å². The van der Waals surface area contributed by atoms with Gasteiger partial charge in [-0.05, 0) is 123 Å². The summed E-state index contributed by atoms with van der Waals surface area (Å²) in [5.41, 5.74) is 19.3. The topological polar surface area (TPSA) is 12.9 Å². The third-order valence-electron chi connectivity index (χ3n) is 13.5. The molecule has 0 bridgehead atoms. The maximum Gasteiger partial charge on any atom is 0.0725 e. The van der Waals surface area contributed by atoms with Crippen molar-refractivity contribution in [3.8, 4) is 67.0 Å². The van der Waals surface area contributed by atoms with Crippen LogP contribution in [0.25, 0.3) is 99.3 Å². The molecule has 13 rings (SSSR count). The standard InChI is InChI=1S/C60H37N/c1-3-16-38(17-4-1)57-36-42(37-58(61-57)39-18-5-2-6-19-39)40-30-32-50-51(34-40)45-21-8-7-20-44(45)49-26-15-25-43(59(49)50)41-31-33-56-52(35-41)48-24-11-14-29-55(48)60(56)53-27-12-9-22-46(53)47-23-10-13-28-54(47)60/h1-37H. The van der Waals surface area contributed by atoms with E-state index in [2.05, 4.69) is 224 Å². The third kappa shape index (κ3) is 4.86. The van der Waals surface area contributed by atoms with Gasteiger partial charge < -0.3 is 0 Å². The highest BCUT2D eigenvalue weighted by molar-refractivity contribution is 6.29. The van der Waals surface area contributed by atoms with Crippen LogP contribution < -0.4 is 0 Å². The molecule has 0 atom stereocenters. The SMILES string of the molecule is c1ccc(-c2cc(-c3ccc4c(c3)c3ccccc3c3cccc(-c5ccc6c(c5)-c5ccccc5C65c6ccccc6-c6ccccc65)c34)cc(-c3ccccc3)n2)cc1. The first-order valence-electron chi connectivity index (χ1n) is 21.2. The van der Waals surface area contributed by atoms with Gasteiger partial charge in [0.2, 0.25) is 0 Å². The molecule has 0 radical (unpaired) electrons. The van der Waals surface area contributed by atoms with E-state index in [0.29, 0.717) is 0 Å². The Balaban J connectivity index is 1.04. The van der Waals surface area contributed by atoms with Crippen molar-refractivity contribution in [1.29, 1.82) is 0 Å². The first-order chi connectivity index (χ1) is 30.3. The molecule has 0 unspecified atom stereocenters. The van der Waals surface area contributed by atoms with Gasteiger partial charge in [0.15, 0.2) is 0 Å². The van der Waals surface area contributed by atoms with E-state index < -0.39 is 0 Å². The van der Waals surface area contributed by atoms with Crippen LogP contribution in [0.1, 0.15) is 22.3 Å². The number of fused-ring (bicyclic) bond motifs is 16. The van der Waals surface area contributed by atoms with Gasteiger partial charge in [-0.1, -0.05) is 200 Å². The summed E-state index contributed by atoms with van der Waals surface area (Å²) in [7, 11) is 0. The molecule has 0 N–H and O–H groups in total. The molecule has 10 aromatic carbocycles. The normalized spacial score (nSPS) is 13.0. The minimum absolute atomic E-state index is 0.358. The summed E-state index contributed by atoms with van der Waals surface area (Å²) in [6, 6.07) is 82.8. The fourth-order valence-electron chi connectivity index (χ4n) is 10.9. The molecule has 1 nitrogen and oxygen atoms in total. The second-order valence-corrected chi connectivity index (χ2v) is 16.5. The van der Waals surface area contributed by atoms with Gasteiger partial charge in [0.05, 0.1) is 16.8 Å². The van der Waals surface area contributed by atoms with E-state index in [-0.39, 0.29) is 5.41 Å². The molecule has 282 valence electrons. The zero-order valence-electron chi connectivity index (χ0n) is 33.3. The minimum atomic E-state index is -0.358. The number of aromatic nitrogens is 1. The van der Waals surface area contributed by atoms with Gasteiger partial charge in [-0.15, -0.1) is 0 Å². The molecule has 11 aromatic rings. The van der Waals surface area contributed by atoms with Crippen molar-refractivity contribution >= 4 is 32.3 Å². The summed E-state index contributed by atoms with van der Waals surface area (Å²) in [4.78, 5) is 5.18. The van der Waals surface area contributed by atoms with E-state index >= 15 is 0 Å². The molecule has 1 heteroatoms. The second-order valence-electron chi connectivity index (χ2n) is 16.5. The molecule has 0 fully saturated rings. The maximum atomic E-state index is 5.18. The van der Waals surface area contributed by atoms with E-state index in [1.54, 1.807) is 0 Å². The van der Waals surface area contributed by atoms with Crippen LogP contribution in [0, 0.1) is 0 Å². The number of hydrogen-bond acceptors (Lipinski definition) is 1. The maximum absolute atomic E-state index is 5.18. The van der Waals surface area contributed by atoms with E-state index in [1.807, 2.05) is 0 Å². The molecule has 1 heterocycles. The van der Waals surface area contributed by atoms with Crippen LogP contribution in [0.2, 0.25) is 0 Å². The summed E-state index contributed by atoms with van der Waals surface area (Å²) in [6.07, 6.45) is 0. The Hall–Kier alpha value is -7.87. The summed E-state index contributed by atoms with van der Waals surface area (Å²) in [5.74, 6) is 0. The highest BCUT2D eigenvalue weighted by Gasteiger charge is 2.51. The van der Waals surface area contributed by atoms with Crippen LogP contribution in [0.15, 0.2) is 224 Å². The van der Waals surface area contributed by atoms with Crippen molar-refractivity contribution in [3.63, 3.8) is 0 Å². The van der Waals surface area contributed by atoms with Gasteiger partial charge in [-0.2, -0.15) is 0 Å². The van der Waals surface area contributed by atoms with Gasteiger partial charge in [0.1, 0.15) is 0 Å². The lowest BCUT2D eigenvalue weighted by atomic mass is 9.70. The molecule has 2 aliphatic rings. The van der Waals surface area contributed by atoms with Gasteiger partial charge in [-0.3, -0.25) is 0 Å². The summed E-state index contributed by atoms with van der Waals surface area (Å²) < 4.78 is 0. The predicted octanol–water partition coefficient (Wildman–Crippen LogP) is 15.6. The van der Waals surface area contributed by atoms with Crippen molar-refractivity contribution in [2.24, 2.45) is 0 Å². The quantitative estimate of drug-likeness (QED) is 0.162. The Labute approximate surface area is 354 Å². The van der Waals surface area contributed by atoms with Crippen LogP contribution >= 0.6 is 0 Å². The monoisotopic (exact) mass is 771 g/mol. The van der Waals surface area contributed by atoms with Crippen LogP contribution in [0.5, 0.6) is 0 Å². The fraction of sp³-hybridized carbons (Fsp3) is 0.0167. The lowest BCUT2D eigenvalue weighted by Gasteiger charge is -2.30. The largest absolute Gasteiger partial charge is 0.248 e. The molecule has 1 spiro atoms. The molecular weight excluding hydrogens is 735 g/mol. The van der Waals surface area contributed by atoms with Crippen molar-refractivity contribution in [3.05, 3.63) is 247 Å². The Morgan fingerprint density at radius 3 is 1.33 bits per heavy atom. The average molecular weight is 772 g/mol. The first-order valence-corrected chi connectivity index (χ1v) is 21.2. The number of pyridine rings is 1. The molecule has 61 heavy (non-hydrogen) atoms. The lowest BCUT2D eigenvalue weighted by molar-refractivity contribution is 0.794. The number of nitrogens with zero attached hydrogens (tertiary/aromatic N) is 1. The second kappa shape index (κ2) is 13.1. The molecule has 0 aliphatic heterocycles. The molecule has 2 aliphatic carbocycles. The van der Waals surface area contributed by atoms with Crippen molar-refractivity contribution in [2.45, 2.75) is 5.41 Å². The highest BCUT2D eigenvalue weighted by atomic mass is 14.7. The van der Waals surface area contributed by atoms with Crippen LogP contribution in [0.4, 0.5) is 0 Å². The van der Waals surface area contributed by atoms with Crippen LogP contribution in [-0.4, -0.2) is 4.98 Å². The van der Waals surface area contributed by atoms with Crippen LogP contribution in [0.3, 0.4) is 0 Å². The van der Waals surface area contributed by atoms with Gasteiger partial charge in [0, 0.05) is 11.1 Å². The Bertz CT molecular complexity index is 3480. The molecule has 1 aromatic heterocycles. The number of benzene rings is 10. The van der Waals surface area contributed by atoms with Gasteiger partial charge in [0.25, 0.3) is 0 Å². The zero-order chi connectivity index (χ0) is 40.1. The van der Waals surface area contributed by atoms with E-state index in [9.17, 15) is 0 Å². The fourth-order valence-corrected chi connectivity index (χ4v) is 10.9. The summed E-state index contributed by atoms with van der Waals surface area (Å²) >= 11 is 0. The van der Waals surface area contributed by atoms with E-state index in [4.69, 9.17) is 4.98 Å². The first kappa shape index (κ1) is 34.0. The van der Waals surface area contributed by atoms with Gasteiger partial charge in [-0.25, -0.2) is 4.98 Å². The molecule has 0 saturated heterocycles. The number of hydrogen-bond donors (Lipinski definition) is 0. The van der Waals surface area contributed by atoms with Crippen molar-refractivity contribution in [2.75, 3.05) is 0 Å². The van der Waals surface area contributed by atoms with Crippen molar-refractivity contribution in [1.82, 2.24) is 4.98 Å². The average Bonchev–Trinajstić information content (AvgIpc) is 3.81. The smallest absolute Gasteiger partial charge is 0.0725 e. The summed E-state index contributed by atoms with van der Waals surface area (Å²) in [6.45, 7) is 0.